The van der Waals surface area contributed by atoms with E-state index in [0.717, 1.165) is 15.6 Å². The zero-order valence-corrected chi connectivity index (χ0v) is 11.6. The lowest BCUT2D eigenvalue weighted by atomic mass is 9.94. The zero-order chi connectivity index (χ0) is 9.68. The molecule has 2 atom stereocenters. The van der Waals surface area contributed by atoms with Crippen LogP contribution < -0.4 is 0 Å². The van der Waals surface area contributed by atoms with E-state index in [9.17, 15) is 0 Å². The van der Waals surface area contributed by atoms with E-state index in [1.54, 1.807) is 0 Å². The Kier molecular flexibility index (Phi) is 5.96. The van der Waals surface area contributed by atoms with Gasteiger partial charge in [0.05, 0.1) is 0 Å². The number of halogens is 2. The summed E-state index contributed by atoms with van der Waals surface area (Å²) in [6.07, 6.45) is 9.67. The predicted octanol–water partition coefficient (Wildman–Crippen LogP) is 4.89. The van der Waals surface area contributed by atoms with Crippen molar-refractivity contribution in [3.05, 3.63) is 0 Å². The number of hydrogen-bond acceptors (Lipinski definition) is 0. The molecule has 0 spiro atoms. The minimum atomic E-state index is 0.764. The highest BCUT2D eigenvalue weighted by Gasteiger charge is 2.15. The molecule has 1 aliphatic rings. The first kappa shape index (κ1) is 12.0. The van der Waals surface area contributed by atoms with Gasteiger partial charge >= 0.3 is 0 Å². The van der Waals surface area contributed by atoms with Crippen LogP contribution >= 0.6 is 31.9 Å². The van der Waals surface area contributed by atoms with Crippen molar-refractivity contribution in [3.8, 4) is 0 Å². The normalized spacial score (nSPS) is 38.5. The molecular weight excluding hydrogens is 292 g/mol. The SMILES string of the molecule is CC1CC(Br)CCCCCC(Br)C1. The van der Waals surface area contributed by atoms with Crippen LogP contribution in [0.1, 0.15) is 51.9 Å². The van der Waals surface area contributed by atoms with Crippen molar-refractivity contribution in [2.24, 2.45) is 5.92 Å². The van der Waals surface area contributed by atoms with Crippen LogP contribution in [0.2, 0.25) is 0 Å². The molecule has 0 N–H and O–H groups in total. The third-order valence-corrected chi connectivity index (χ3v) is 4.51. The average molecular weight is 312 g/mol. The van der Waals surface area contributed by atoms with Crippen LogP contribution in [0.4, 0.5) is 0 Å². The third kappa shape index (κ3) is 5.41. The third-order valence-electron chi connectivity index (χ3n) is 2.85. The molecule has 0 aliphatic heterocycles. The highest BCUT2D eigenvalue weighted by Crippen LogP contribution is 2.28. The van der Waals surface area contributed by atoms with E-state index in [0.29, 0.717) is 0 Å². The van der Waals surface area contributed by atoms with Gasteiger partial charge in [-0.2, -0.15) is 0 Å². The first-order valence-electron chi connectivity index (χ1n) is 5.46. The molecule has 78 valence electrons. The first-order chi connectivity index (χ1) is 6.18. The van der Waals surface area contributed by atoms with Gasteiger partial charge in [0.1, 0.15) is 0 Å². The Hall–Kier alpha value is 0.960. The molecule has 2 unspecified atom stereocenters. The number of alkyl halides is 2. The van der Waals surface area contributed by atoms with Gasteiger partial charge in [-0.15, -0.1) is 0 Å². The Bertz CT molecular complexity index is 122. The van der Waals surface area contributed by atoms with Crippen LogP contribution in [0.25, 0.3) is 0 Å². The molecule has 1 saturated carbocycles. The van der Waals surface area contributed by atoms with Gasteiger partial charge in [-0.05, 0) is 31.6 Å². The fraction of sp³-hybridized carbons (Fsp3) is 1.00. The van der Waals surface area contributed by atoms with Crippen molar-refractivity contribution in [2.45, 2.75) is 61.5 Å². The summed E-state index contributed by atoms with van der Waals surface area (Å²) in [7, 11) is 0. The monoisotopic (exact) mass is 310 g/mol. The highest BCUT2D eigenvalue weighted by molar-refractivity contribution is 9.09. The summed E-state index contributed by atoms with van der Waals surface area (Å²) in [6, 6.07) is 0. The van der Waals surface area contributed by atoms with E-state index in [-0.39, 0.29) is 0 Å². The topological polar surface area (TPSA) is 0 Å². The Morgan fingerprint density at radius 2 is 1.31 bits per heavy atom. The quantitative estimate of drug-likeness (QED) is 0.558. The molecule has 0 saturated heterocycles. The highest BCUT2D eigenvalue weighted by atomic mass is 79.9. The second-order valence-electron chi connectivity index (χ2n) is 4.41. The molecule has 0 aromatic heterocycles. The smallest absolute Gasteiger partial charge is 0.0148 e. The molecular formula is C11H20Br2. The van der Waals surface area contributed by atoms with Crippen molar-refractivity contribution in [3.63, 3.8) is 0 Å². The minimum absolute atomic E-state index is 0.764. The maximum Gasteiger partial charge on any atom is 0.0148 e. The second kappa shape index (κ2) is 6.44. The van der Waals surface area contributed by atoms with Crippen molar-refractivity contribution in [2.75, 3.05) is 0 Å². The van der Waals surface area contributed by atoms with E-state index in [4.69, 9.17) is 0 Å². The molecule has 0 nitrogen and oxygen atoms in total. The van der Waals surface area contributed by atoms with Gasteiger partial charge in [0.25, 0.3) is 0 Å². The Labute approximate surface area is 99.1 Å². The van der Waals surface area contributed by atoms with Crippen molar-refractivity contribution >= 4 is 31.9 Å². The van der Waals surface area contributed by atoms with Gasteiger partial charge < -0.3 is 0 Å². The predicted molar refractivity (Wildman–Crippen MR) is 66.9 cm³/mol. The van der Waals surface area contributed by atoms with Gasteiger partial charge in [-0.1, -0.05) is 58.0 Å². The second-order valence-corrected chi connectivity index (χ2v) is 7.00. The van der Waals surface area contributed by atoms with Crippen LogP contribution in [0.3, 0.4) is 0 Å². The van der Waals surface area contributed by atoms with Gasteiger partial charge in [-0.25, -0.2) is 0 Å². The summed E-state index contributed by atoms with van der Waals surface area (Å²) >= 11 is 7.56. The maximum absolute atomic E-state index is 3.78. The largest absolute Gasteiger partial charge is 0.0891 e. The Balaban J connectivity index is 2.35. The molecule has 1 aliphatic carbocycles. The van der Waals surface area contributed by atoms with Crippen LogP contribution in [0.5, 0.6) is 0 Å². The molecule has 1 fully saturated rings. The molecule has 0 bridgehead atoms. The van der Waals surface area contributed by atoms with Crippen molar-refractivity contribution in [1.82, 2.24) is 0 Å². The van der Waals surface area contributed by atoms with Gasteiger partial charge in [0, 0.05) is 9.65 Å². The summed E-state index contributed by atoms with van der Waals surface area (Å²) in [6.45, 7) is 2.38. The molecule has 2 heteroatoms. The summed E-state index contributed by atoms with van der Waals surface area (Å²) in [5, 5.41) is 0. The lowest BCUT2D eigenvalue weighted by molar-refractivity contribution is 0.433. The van der Waals surface area contributed by atoms with Gasteiger partial charge in [-0.3, -0.25) is 0 Å². The molecule has 0 aromatic rings. The Morgan fingerprint density at radius 1 is 0.846 bits per heavy atom. The van der Waals surface area contributed by atoms with E-state index in [1.165, 1.54) is 44.9 Å². The van der Waals surface area contributed by atoms with Crippen molar-refractivity contribution in [1.29, 1.82) is 0 Å². The van der Waals surface area contributed by atoms with E-state index >= 15 is 0 Å². The molecule has 0 amide bonds. The summed E-state index contributed by atoms with van der Waals surface area (Å²) in [5.41, 5.74) is 0. The average Bonchev–Trinajstić information content (AvgIpc) is 2.02. The van der Waals surface area contributed by atoms with Crippen LogP contribution in [-0.4, -0.2) is 9.65 Å². The molecule has 1 rings (SSSR count). The summed E-state index contributed by atoms with van der Waals surface area (Å²) < 4.78 is 0. The van der Waals surface area contributed by atoms with Crippen LogP contribution in [0, 0.1) is 5.92 Å². The Morgan fingerprint density at radius 3 is 1.77 bits per heavy atom. The zero-order valence-electron chi connectivity index (χ0n) is 8.44. The molecule has 0 radical (unpaired) electrons. The minimum Gasteiger partial charge on any atom is -0.0891 e. The lowest BCUT2D eigenvalue weighted by Gasteiger charge is -2.21. The number of rotatable bonds is 0. The first-order valence-corrected chi connectivity index (χ1v) is 7.29. The maximum atomic E-state index is 3.78. The van der Waals surface area contributed by atoms with E-state index < -0.39 is 0 Å². The molecule has 13 heavy (non-hydrogen) atoms. The molecule has 0 aromatic carbocycles. The van der Waals surface area contributed by atoms with Gasteiger partial charge in [0.15, 0.2) is 0 Å². The standard InChI is InChI=1S/C11H20Br2/c1-9-7-10(12)5-3-2-4-6-11(13)8-9/h9-11H,2-8H2,1H3. The van der Waals surface area contributed by atoms with E-state index in [2.05, 4.69) is 38.8 Å². The summed E-state index contributed by atoms with van der Waals surface area (Å²) in [4.78, 5) is 1.53. The fourth-order valence-electron chi connectivity index (χ4n) is 2.11. The fourth-order valence-corrected chi connectivity index (χ4v) is 4.04. The van der Waals surface area contributed by atoms with Crippen LogP contribution in [0.15, 0.2) is 0 Å². The lowest BCUT2D eigenvalue weighted by Crippen LogP contribution is -2.12. The van der Waals surface area contributed by atoms with E-state index in [1.807, 2.05) is 0 Å². The molecule has 0 heterocycles. The van der Waals surface area contributed by atoms with Crippen LogP contribution in [-0.2, 0) is 0 Å². The summed E-state index contributed by atoms with van der Waals surface area (Å²) in [5.74, 6) is 0.867. The number of hydrogen-bond donors (Lipinski definition) is 0. The van der Waals surface area contributed by atoms with Gasteiger partial charge in [0.2, 0.25) is 0 Å². The van der Waals surface area contributed by atoms with Crippen molar-refractivity contribution < 1.29 is 0 Å².